The second-order valence-corrected chi connectivity index (χ2v) is 7.80. The van der Waals surface area contributed by atoms with Gasteiger partial charge in [0.25, 0.3) is 5.91 Å². The molecular weight excluding hydrogens is 378 g/mol. The Labute approximate surface area is 165 Å². The smallest absolute Gasteiger partial charge is 0.349 e. The molecule has 1 aromatic carbocycles. The number of ether oxygens (including phenoxy) is 1. The molecule has 1 amide bonds. The molecule has 7 heteroatoms. The zero-order valence-electron chi connectivity index (χ0n) is 15.4. The van der Waals surface area contributed by atoms with Gasteiger partial charge in [0.15, 0.2) is 0 Å². The number of methoxy groups -OCH3 is 1. The molecule has 28 heavy (non-hydrogen) atoms. The molecule has 0 bridgehead atoms. The van der Waals surface area contributed by atoms with Gasteiger partial charge in [-0.2, -0.15) is 0 Å². The highest BCUT2D eigenvalue weighted by molar-refractivity contribution is 7.17. The van der Waals surface area contributed by atoms with Gasteiger partial charge in [-0.1, -0.05) is 24.6 Å². The third kappa shape index (κ3) is 3.33. The van der Waals surface area contributed by atoms with Crippen molar-refractivity contribution in [2.75, 3.05) is 12.4 Å². The number of carbonyl (C=O) groups is 2. The summed E-state index contributed by atoms with van der Waals surface area (Å²) in [6, 6.07) is 8.50. The number of fused-ring (bicyclic) bond motifs is 2. The van der Waals surface area contributed by atoms with Crippen molar-refractivity contribution in [2.24, 2.45) is 0 Å². The minimum atomic E-state index is -0.714. The van der Waals surface area contributed by atoms with E-state index >= 15 is 0 Å². The fourth-order valence-electron chi connectivity index (χ4n) is 3.54. The Morgan fingerprint density at radius 3 is 2.75 bits per heavy atom. The monoisotopic (exact) mass is 397 g/mol. The van der Waals surface area contributed by atoms with Gasteiger partial charge in [0.05, 0.1) is 12.7 Å². The maximum absolute atomic E-state index is 12.8. The zero-order chi connectivity index (χ0) is 19.7. The van der Waals surface area contributed by atoms with E-state index in [0.29, 0.717) is 21.5 Å². The van der Waals surface area contributed by atoms with Crippen LogP contribution in [0, 0.1) is 0 Å². The van der Waals surface area contributed by atoms with Crippen LogP contribution in [0.4, 0.5) is 5.00 Å². The summed E-state index contributed by atoms with van der Waals surface area (Å²) >= 11 is 1.39. The Balaban J connectivity index is 1.73. The Morgan fingerprint density at radius 2 is 1.93 bits per heavy atom. The Bertz CT molecular complexity index is 1130. The maximum atomic E-state index is 12.8. The lowest BCUT2D eigenvalue weighted by molar-refractivity contribution is 0.0601. The second kappa shape index (κ2) is 7.59. The fourth-order valence-corrected chi connectivity index (χ4v) is 4.81. The molecule has 1 N–H and O–H groups in total. The van der Waals surface area contributed by atoms with Crippen LogP contribution in [0.15, 0.2) is 39.5 Å². The van der Waals surface area contributed by atoms with E-state index in [2.05, 4.69) is 5.32 Å². The number of carbonyl (C=O) groups excluding carboxylic acids is 2. The third-order valence-electron chi connectivity index (χ3n) is 4.92. The molecule has 0 saturated heterocycles. The topological polar surface area (TPSA) is 85.6 Å². The molecule has 0 atom stereocenters. The molecule has 1 aliphatic rings. The Hall–Kier alpha value is -2.93. The van der Waals surface area contributed by atoms with Crippen molar-refractivity contribution < 1.29 is 18.7 Å². The number of aryl methyl sites for hydroxylation is 1. The Morgan fingerprint density at radius 1 is 1.14 bits per heavy atom. The van der Waals surface area contributed by atoms with Crippen LogP contribution >= 0.6 is 11.3 Å². The number of esters is 1. The molecule has 3 aromatic rings. The number of para-hydroxylation sites is 1. The van der Waals surface area contributed by atoms with Crippen LogP contribution in [0.2, 0.25) is 0 Å². The molecule has 0 fully saturated rings. The first kappa shape index (κ1) is 18.4. The van der Waals surface area contributed by atoms with Gasteiger partial charge >= 0.3 is 11.6 Å². The number of hydrogen-bond donors (Lipinski definition) is 1. The molecule has 6 nitrogen and oxygen atoms in total. The SMILES string of the molecule is COC(=O)c1c(NC(=O)c2cc3ccccc3oc2=O)sc2c1CCCCC2. The fraction of sp³-hybridized carbons (Fsp3) is 0.286. The highest BCUT2D eigenvalue weighted by Gasteiger charge is 2.27. The number of hydrogen-bond acceptors (Lipinski definition) is 6. The molecule has 4 rings (SSSR count). The summed E-state index contributed by atoms with van der Waals surface area (Å²) < 4.78 is 10.2. The molecule has 0 radical (unpaired) electrons. The van der Waals surface area contributed by atoms with Crippen LogP contribution in [0.25, 0.3) is 11.0 Å². The standard InChI is InChI=1S/C21H19NO5S/c1-26-21(25)17-13-8-3-2-4-10-16(13)28-19(17)22-18(23)14-11-12-7-5-6-9-15(12)27-20(14)24/h5-7,9,11H,2-4,8,10H2,1H3,(H,22,23). The first-order valence-electron chi connectivity index (χ1n) is 9.15. The predicted octanol–water partition coefficient (Wildman–Crippen LogP) is 4.16. The van der Waals surface area contributed by atoms with Gasteiger partial charge in [-0.3, -0.25) is 4.79 Å². The quantitative estimate of drug-likeness (QED) is 0.407. The van der Waals surface area contributed by atoms with Crippen molar-refractivity contribution >= 4 is 39.2 Å². The van der Waals surface area contributed by atoms with Crippen molar-refractivity contribution in [3.05, 3.63) is 62.3 Å². The highest BCUT2D eigenvalue weighted by Crippen LogP contribution is 2.38. The highest BCUT2D eigenvalue weighted by atomic mass is 32.1. The van der Waals surface area contributed by atoms with Crippen molar-refractivity contribution in [3.63, 3.8) is 0 Å². The normalized spacial score (nSPS) is 13.6. The third-order valence-corrected chi connectivity index (χ3v) is 6.13. The van der Waals surface area contributed by atoms with Gasteiger partial charge in [0.2, 0.25) is 0 Å². The van der Waals surface area contributed by atoms with E-state index in [4.69, 9.17) is 9.15 Å². The van der Waals surface area contributed by atoms with E-state index < -0.39 is 17.5 Å². The van der Waals surface area contributed by atoms with E-state index in [9.17, 15) is 14.4 Å². The molecule has 2 aromatic heterocycles. The van der Waals surface area contributed by atoms with Gasteiger partial charge in [-0.05, 0) is 43.4 Å². The molecule has 0 aliphatic heterocycles. The van der Waals surface area contributed by atoms with Crippen molar-refractivity contribution in [3.8, 4) is 0 Å². The number of nitrogens with one attached hydrogen (secondary N) is 1. The van der Waals surface area contributed by atoms with E-state index in [0.717, 1.165) is 42.5 Å². The van der Waals surface area contributed by atoms with Gasteiger partial charge in [0.1, 0.15) is 16.1 Å². The van der Waals surface area contributed by atoms with Crippen molar-refractivity contribution in [1.82, 2.24) is 0 Å². The molecule has 0 unspecified atom stereocenters. The second-order valence-electron chi connectivity index (χ2n) is 6.70. The number of thiophene rings is 1. The zero-order valence-corrected chi connectivity index (χ0v) is 16.2. The lowest BCUT2D eigenvalue weighted by Crippen LogP contribution is -2.21. The molecule has 144 valence electrons. The number of anilines is 1. The minimum Gasteiger partial charge on any atom is -0.465 e. The van der Waals surface area contributed by atoms with Gasteiger partial charge < -0.3 is 14.5 Å². The first-order chi connectivity index (χ1) is 13.6. The summed E-state index contributed by atoms with van der Waals surface area (Å²) in [6.07, 6.45) is 4.81. The van der Waals surface area contributed by atoms with E-state index in [-0.39, 0.29) is 5.56 Å². The molecule has 1 aliphatic carbocycles. The van der Waals surface area contributed by atoms with Crippen LogP contribution in [0.1, 0.15) is 50.4 Å². The summed E-state index contributed by atoms with van der Waals surface area (Å²) in [5, 5.41) is 3.83. The minimum absolute atomic E-state index is 0.0990. The van der Waals surface area contributed by atoms with E-state index in [1.165, 1.54) is 24.5 Å². The lowest BCUT2D eigenvalue weighted by atomic mass is 10.1. The summed E-state index contributed by atoms with van der Waals surface area (Å²) in [7, 11) is 1.33. The molecule has 0 saturated carbocycles. The van der Waals surface area contributed by atoms with Crippen LogP contribution < -0.4 is 10.9 Å². The summed E-state index contributed by atoms with van der Waals surface area (Å²) in [6.45, 7) is 0. The summed E-state index contributed by atoms with van der Waals surface area (Å²) in [5.41, 5.74) is 0.965. The van der Waals surface area contributed by atoms with Crippen molar-refractivity contribution in [2.45, 2.75) is 32.1 Å². The van der Waals surface area contributed by atoms with E-state index in [1.807, 2.05) is 0 Å². The predicted molar refractivity (Wildman–Crippen MR) is 107 cm³/mol. The molecular formula is C21H19NO5S. The van der Waals surface area contributed by atoms with Crippen LogP contribution in [0.5, 0.6) is 0 Å². The largest absolute Gasteiger partial charge is 0.465 e. The Kier molecular flexibility index (Phi) is 5.00. The average molecular weight is 397 g/mol. The summed E-state index contributed by atoms with van der Waals surface area (Å²) in [4.78, 5) is 38.6. The average Bonchev–Trinajstić information content (AvgIpc) is 2.87. The molecule has 2 heterocycles. The van der Waals surface area contributed by atoms with Gasteiger partial charge in [-0.25, -0.2) is 9.59 Å². The van der Waals surface area contributed by atoms with E-state index in [1.54, 1.807) is 24.3 Å². The van der Waals surface area contributed by atoms with Crippen LogP contribution in [-0.2, 0) is 17.6 Å². The summed E-state index contributed by atoms with van der Waals surface area (Å²) in [5.74, 6) is -1.07. The lowest BCUT2D eigenvalue weighted by Gasteiger charge is -2.07. The van der Waals surface area contributed by atoms with Crippen molar-refractivity contribution in [1.29, 1.82) is 0 Å². The number of amides is 1. The molecule has 0 spiro atoms. The first-order valence-corrected chi connectivity index (χ1v) is 9.97. The maximum Gasteiger partial charge on any atom is 0.349 e. The van der Waals surface area contributed by atoms with Crippen LogP contribution in [-0.4, -0.2) is 19.0 Å². The van der Waals surface area contributed by atoms with Gasteiger partial charge in [-0.15, -0.1) is 11.3 Å². The number of rotatable bonds is 3. The number of benzene rings is 1. The van der Waals surface area contributed by atoms with Crippen LogP contribution in [0.3, 0.4) is 0 Å². The van der Waals surface area contributed by atoms with Gasteiger partial charge in [0, 0.05) is 10.3 Å².